The van der Waals surface area contributed by atoms with E-state index < -0.39 is 10.0 Å². The van der Waals surface area contributed by atoms with Crippen LogP contribution in [0.15, 0.2) is 23.1 Å². The highest BCUT2D eigenvalue weighted by atomic mass is 35.5. The Balaban J connectivity index is 2.12. The molecule has 0 atom stereocenters. The minimum absolute atomic E-state index is 0.00529. The molecule has 0 radical (unpaired) electrons. The summed E-state index contributed by atoms with van der Waals surface area (Å²) in [7, 11) is -3.72. The van der Waals surface area contributed by atoms with Crippen molar-refractivity contribution >= 4 is 21.6 Å². The number of hydrogen-bond donors (Lipinski definition) is 1. The van der Waals surface area contributed by atoms with Crippen molar-refractivity contribution in [2.75, 3.05) is 0 Å². The van der Waals surface area contributed by atoms with Crippen LogP contribution in [-0.4, -0.2) is 14.5 Å². The fourth-order valence-corrected chi connectivity index (χ4v) is 3.12. The summed E-state index contributed by atoms with van der Waals surface area (Å²) in [5.41, 5.74) is 0. The van der Waals surface area contributed by atoms with Gasteiger partial charge in [-0.05, 0) is 43.9 Å². The summed E-state index contributed by atoms with van der Waals surface area (Å²) in [6.45, 7) is 0. The van der Waals surface area contributed by atoms with Crippen LogP contribution in [0.3, 0.4) is 0 Å². The Morgan fingerprint density at radius 1 is 1.16 bits per heavy atom. The second-order valence-corrected chi connectivity index (χ2v) is 6.84. The van der Waals surface area contributed by atoms with E-state index in [4.69, 9.17) is 21.5 Å². The predicted molar refractivity (Wildman–Crippen MR) is 74.9 cm³/mol. The molecular weight excluding hydrogens is 286 g/mol. The van der Waals surface area contributed by atoms with E-state index in [-0.39, 0.29) is 16.0 Å². The molecule has 1 aliphatic rings. The summed E-state index contributed by atoms with van der Waals surface area (Å²) in [4.78, 5) is 0.00529. The van der Waals surface area contributed by atoms with Gasteiger partial charge in [-0.15, -0.1) is 0 Å². The highest BCUT2D eigenvalue weighted by Crippen LogP contribution is 2.30. The number of sulfonamides is 1. The lowest BCUT2D eigenvalue weighted by molar-refractivity contribution is 0.184. The highest BCUT2D eigenvalue weighted by molar-refractivity contribution is 7.89. The van der Waals surface area contributed by atoms with Crippen molar-refractivity contribution in [2.45, 2.75) is 49.5 Å². The molecule has 0 aromatic heterocycles. The van der Waals surface area contributed by atoms with Crippen LogP contribution in [-0.2, 0) is 10.0 Å². The lowest BCUT2D eigenvalue weighted by atomic mass is 10.1. The summed E-state index contributed by atoms with van der Waals surface area (Å²) < 4.78 is 28.3. The molecule has 1 fully saturated rings. The average Bonchev–Trinajstić information content (AvgIpc) is 2.59. The molecule has 6 heteroatoms. The van der Waals surface area contributed by atoms with E-state index in [2.05, 4.69) is 0 Å². The van der Waals surface area contributed by atoms with Crippen molar-refractivity contribution < 1.29 is 13.2 Å². The maximum Gasteiger partial charge on any atom is 0.238 e. The quantitative estimate of drug-likeness (QED) is 0.872. The van der Waals surface area contributed by atoms with Gasteiger partial charge in [-0.3, -0.25) is 0 Å². The third-order valence-corrected chi connectivity index (χ3v) is 4.53. The molecule has 0 saturated heterocycles. The van der Waals surface area contributed by atoms with Crippen LogP contribution in [0.1, 0.15) is 38.5 Å². The van der Waals surface area contributed by atoms with E-state index in [0.29, 0.717) is 5.75 Å². The van der Waals surface area contributed by atoms with Crippen molar-refractivity contribution in [3.8, 4) is 5.75 Å². The topological polar surface area (TPSA) is 69.4 Å². The molecule has 2 N–H and O–H groups in total. The van der Waals surface area contributed by atoms with Crippen LogP contribution in [0.25, 0.3) is 0 Å². The van der Waals surface area contributed by atoms with Gasteiger partial charge in [0.1, 0.15) is 5.75 Å². The number of nitrogens with two attached hydrogens (primary N) is 1. The van der Waals surface area contributed by atoms with Crippen LogP contribution >= 0.6 is 11.6 Å². The second-order valence-electron chi connectivity index (χ2n) is 4.87. The van der Waals surface area contributed by atoms with Crippen LogP contribution in [0, 0.1) is 0 Å². The van der Waals surface area contributed by atoms with Crippen molar-refractivity contribution in [2.24, 2.45) is 5.14 Å². The molecule has 4 nitrogen and oxygen atoms in total. The van der Waals surface area contributed by atoms with Gasteiger partial charge in [0.15, 0.2) is 0 Å². The number of halogens is 1. The first-order valence-corrected chi connectivity index (χ1v) is 8.38. The lowest BCUT2D eigenvalue weighted by Crippen LogP contribution is -2.16. The zero-order chi connectivity index (χ0) is 13.9. The molecule has 1 aromatic rings. The predicted octanol–water partition coefficient (Wildman–Crippen LogP) is 3.09. The minimum atomic E-state index is -3.72. The van der Waals surface area contributed by atoms with E-state index in [1.165, 1.54) is 25.0 Å². The molecule has 1 saturated carbocycles. The standard InChI is InChI=1S/C13H18ClNO3S/c14-12-9-11(19(15,16)17)7-8-13(12)18-10-5-3-1-2-4-6-10/h7-10H,1-6H2,(H2,15,16,17). The highest BCUT2D eigenvalue weighted by Gasteiger charge is 2.16. The summed E-state index contributed by atoms with van der Waals surface area (Å²) in [5, 5.41) is 5.34. The Morgan fingerprint density at radius 2 is 1.79 bits per heavy atom. The fourth-order valence-electron chi connectivity index (χ4n) is 2.29. The third-order valence-electron chi connectivity index (χ3n) is 3.33. The largest absolute Gasteiger partial charge is 0.489 e. The molecule has 106 valence electrons. The molecule has 1 aliphatic carbocycles. The van der Waals surface area contributed by atoms with Crippen molar-refractivity contribution in [3.63, 3.8) is 0 Å². The minimum Gasteiger partial charge on any atom is -0.489 e. The summed E-state index contributed by atoms with van der Waals surface area (Å²) in [6.07, 6.45) is 7.03. The number of primary sulfonamides is 1. The third kappa shape index (κ3) is 4.09. The normalized spacial score (nSPS) is 18.0. The molecule has 0 amide bonds. The maximum atomic E-state index is 11.2. The van der Waals surface area contributed by atoms with Crippen molar-refractivity contribution in [1.82, 2.24) is 0 Å². The molecule has 1 aromatic carbocycles. The first kappa shape index (κ1) is 14.6. The summed E-state index contributed by atoms with van der Waals surface area (Å²) >= 11 is 6.05. The van der Waals surface area contributed by atoms with Crippen LogP contribution in [0.5, 0.6) is 5.75 Å². The van der Waals surface area contributed by atoms with Gasteiger partial charge in [-0.2, -0.15) is 0 Å². The number of hydrogen-bond acceptors (Lipinski definition) is 3. The van der Waals surface area contributed by atoms with E-state index >= 15 is 0 Å². The van der Waals surface area contributed by atoms with Gasteiger partial charge in [0.05, 0.1) is 16.0 Å². The Kier molecular flexibility index (Phi) is 4.71. The van der Waals surface area contributed by atoms with Crippen LogP contribution < -0.4 is 9.88 Å². The Hall–Kier alpha value is -0.780. The zero-order valence-electron chi connectivity index (χ0n) is 10.6. The Labute approximate surface area is 118 Å². The van der Waals surface area contributed by atoms with Gasteiger partial charge < -0.3 is 4.74 Å². The number of benzene rings is 1. The molecule has 0 unspecified atom stereocenters. The van der Waals surface area contributed by atoms with Crippen molar-refractivity contribution in [3.05, 3.63) is 23.2 Å². The monoisotopic (exact) mass is 303 g/mol. The molecule has 0 bridgehead atoms. The average molecular weight is 304 g/mol. The SMILES string of the molecule is NS(=O)(=O)c1ccc(OC2CCCCCC2)c(Cl)c1. The van der Waals surface area contributed by atoms with Gasteiger partial charge in [0, 0.05) is 0 Å². The molecule has 0 heterocycles. The molecular formula is C13H18ClNO3S. The van der Waals surface area contributed by atoms with E-state index in [1.54, 1.807) is 6.07 Å². The second kappa shape index (κ2) is 6.11. The van der Waals surface area contributed by atoms with E-state index in [0.717, 1.165) is 25.7 Å². The Bertz CT molecular complexity index is 537. The van der Waals surface area contributed by atoms with Crippen LogP contribution in [0.4, 0.5) is 0 Å². The summed E-state index contributed by atoms with van der Waals surface area (Å²) in [5.74, 6) is 0.529. The number of rotatable bonds is 3. The van der Waals surface area contributed by atoms with Gasteiger partial charge in [0.25, 0.3) is 0 Å². The molecule has 0 aliphatic heterocycles. The molecule has 19 heavy (non-hydrogen) atoms. The fraction of sp³-hybridized carbons (Fsp3) is 0.538. The van der Waals surface area contributed by atoms with Crippen LogP contribution in [0.2, 0.25) is 5.02 Å². The Morgan fingerprint density at radius 3 is 2.32 bits per heavy atom. The summed E-state index contributed by atoms with van der Waals surface area (Å²) in [6, 6.07) is 4.34. The molecule has 0 spiro atoms. The maximum absolute atomic E-state index is 11.2. The number of ether oxygens (including phenoxy) is 1. The van der Waals surface area contributed by atoms with Crippen molar-refractivity contribution in [1.29, 1.82) is 0 Å². The lowest BCUT2D eigenvalue weighted by Gasteiger charge is -2.18. The van der Waals surface area contributed by atoms with E-state index in [1.807, 2.05) is 0 Å². The van der Waals surface area contributed by atoms with Gasteiger partial charge >= 0.3 is 0 Å². The zero-order valence-corrected chi connectivity index (χ0v) is 12.2. The van der Waals surface area contributed by atoms with Gasteiger partial charge in [0.2, 0.25) is 10.0 Å². The first-order valence-electron chi connectivity index (χ1n) is 6.46. The van der Waals surface area contributed by atoms with Gasteiger partial charge in [-0.25, -0.2) is 13.6 Å². The molecule has 2 rings (SSSR count). The smallest absolute Gasteiger partial charge is 0.238 e. The van der Waals surface area contributed by atoms with E-state index in [9.17, 15) is 8.42 Å². The van der Waals surface area contributed by atoms with Gasteiger partial charge in [-0.1, -0.05) is 24.4 Å². The first-order chi connectivity index (χ1) is 8.97.